The Bertz CT molecular complexity index is 980. The van der Waals surface area contributed by atoms with Crippen LogP contribution in [0.2, 0.25) is 0 Å². The van der Waals surface area contributed by atoms with Crippen molar-refractivity contribution in [1.82, 2.24) is 10.3 Å². The summed E-state index contributed by atoms with van der Waals surface area (Å²) in [4.78, 5) is 31.0. The second-order valence-corrected chi connectivity index (χ2v) is 7.15. The summed E-state index contributed by atoms with van der Waals surface area (Å²) in [6, 6.07) is 10.6. The molecule has 2 N–H and O–H groups in total. The van der Waals surface area contributed by atoms with Gasteiger partial charge in [0.2, 0.25) is 0 Å². The van der Waals surface area contributed by atoms with E-state index in [1.807, 2.05) is 0 Å². The second kappa shape index (κ2) is 10.3. The van der Waals surface area contributed by atoms with Crippen LogP contribution in [0, 0.1) is 17.2 Å². The fraction of sp³-hybridized carbons (Fsp3) is 0.364. The van der Waals surface area contributed by atoms with Crippen LogP contribution in [-0.4, -0.2) is 50.7 Å². The molecule has 0 unspecified atom stereocenters. The van der Waals surface area contributed by atoms with Crippen molar-refractivity contribution in [2.75, 3.05) is 44.1 Å². The van der Waals surface area contributed by atoms with Gasteiger partial charge in [-0.25, -0.2) is 4.98 Å². The summed E-state index contributed by atoms with van der Waals surface area (Å²) in [7, 11) is 2.99. The smallest absolute Gasteiger partial charge is 0.313 e. The number of benzene rings is 1. The van der Waals surface area contributed by atoms with E-state index >= 15 is 0 Å². The SMILES string of the molecule is COc1ccc(OC)c(NC(=O)C(=O)NCC2CCN(c3ncccc3C#N)CC2)c1. The number of carbonyl (C=O) groups excluding carboxylic acids is 2. The highest BCUT2D eigenvalue weighted by Gasteiger charge is 2.23. The highest BCUT2D eigenvalue weighted by atomic mass is 16.5. The van der Waals surface area contributed by atoms with Gasteiger partial charge in [-0.3, -0.25) is 9.59 Å². The molecule has 0 aliphatic carbocycles. The maximum absolute atomic E-state index is 12.3. The van der Waals surface area contributed by atoms with E-state index < -0.39 is 11.8 Å². The minimum atomic E-state index is -0.767. The fourth-order valence-electron chi connectivity index (χ4n) is 3.49. The predicted octanol–water partition coefficient (Wildman–Crippen LogP) is 1.94. The molecule has 1 aromatic heterocycles. The Morgan fingerprint density at radius 3 is 2.65 bits per heavy atom. The van der Waals surface area contributed by atoms with Gasteiger partial charge >= 0.3 is 11.8 Å². The van der Waals surface area contributed by atoms with Crippen molar-refractivity contribution in [3.8, 4) is 17.6 Å². The molecule has 2 aromatic rings. The Labute approximate surface area is 181 Å². The molecule has 0 bridgehead atoms. The number of piperidine rings is 1. The lowest BCUT2D eigenvalue weighted by Crippen LogP contribution is -2.42. The van der Waals surface area contributed by atoms with Crippen molar-refractivity contribution in [2.24, 2.45) is 5.92 Å². The Kier molecular flexibility index (Phi) is 7.27. The summed E-state index contributed by atoms with van der Waals surface area (Å²) < 4.78 is 10.4. The molecule has 0 atom stereocenters. The van der Waals surface area contributed by atoms with Crippen LogP contribution in [-0.2, 0) is 9.59 Å². The summed E-state index contributed by atoms with van der Waals surface area (Å²) in [5.41, 5.74) is 0.915. The maximum atomic E-state index is 12.3. The van der Waals surface area contributed by atoms with Gasteiger partial charge in [-0.15, -0.1) is 0 Å². The molecule has 1 aromatic carbocycles. The monoisotopic (exact) mass is 423 g/mol. The van der Waals surface area contributed by atoms with Crippen LogP contribution in [0.5, 0.6) is 11.5 Å². The molecule has 0 spiro atoms. The van der Waals surface area contributed by atoms with Gasteiger partial charge in [0.25, 0.3) is 0 Å². The van der Waals surface area contributed by atoms with Crippen LogP contribution in [0.1, 0.15) is 18.4 Å². The third kappa shape index (κ3) is 5.42. The number of carbonyl (C=O) groups is 2. The molecule has 31 heavy (non-hydrogen) atoms. The fourth-order valence-corrected chi connectivity index (χ4v) is 3.49. The molecule has 9 heteroatoms. The molecule has 0 radical (unpaired) electrons. The lowest BCUT2D eigenvalue weighted by molar-refractivity contribution is -0.136. The zero-order chi connectivity index (χ0) is 22.2. The molecule has 1 aliphatic heterocycles. The first kappa shape index (κ1) is 21.9. The van der Waals surface area contributed by atoms with Crippen LogP contribution >= 0.6 is 0 Å². The normalized spacial score (nSPS) is 13.8. The van der Waals surface area contributed by atoms with Crippen molar-refractivity contribution >= 4 is 23.3 Å². The van der Waals surface area contributed by atoms with Gasteiger partial charge in [-0.05, 0) is 43.0 Å². The van der Waals surface area contributed by atoms with Crippen molar-refractivity contribution in [3.05, 3.63) is 42.1 Å². The summed E-state index contributed by atoms with van der Waals surface area (Å²) in [6.07, 6.45) is 3.33. The van der Waals surface area contributed by atoms with E-state index in [0.717, 1.165) is 25.9 Å². The van der Waals surface area contributed by atoms with Crippen LogP contribution in [0.15, 0.2) is 36.5 Å². The molecule has 162 valence electrons. The molecule has 1 aliphatic rings. The topological polar surface area (TPSA) is 117 Å². The highest BCUT2D eigenvalue weighted by Crippen LogP contribution is 2.29. The van der Waals surface area contributed by atoms with Crippen LogP contribution in [0.25, 0.3) is 0 Å². The number of nitrogens with zero attached hydrogens (tertiary/aromatic N) is 3. The van der Waals surface area contributed by atoms with Gasteiger partial charge in [0.15, 0.2) is 0 Å². The molecular weight excluding hydrogens is 398 g/mol. The molecular formula is C22H25N5O4. The van der Waals surface area contributed by atoms with Crippen molar-refractivity contribution < 1.29 is 19.1 Å². The molecule has 9 nitrogen and oxygen atoms in total. The van der Waals surface area contributed by atoms with Gasteiger partial charge in [0.05, 0.1) is 25.5 Å². The first-order valence-electron chi connectivity index (χ1n) is 9.97. The number of aromatic nitrogens is 1. The number of rotatable bonds is 6. The molecule has 1 saturated heterocycles. The van der Waals surface area contributed by atoms with E-state index in [-0.39, 0.29) is 5.92 Å². The minimum Gasteiger partial charge on any atom is -0.497 e. The quantitative estimate of drug-likeness (QED) is 0.682. The predicted molar refractivity (Wildman–Crippen MR) is 115 cm³/mol. The van der Waals surface area contributed by atoms with E-state index in [2.05, 4.69) is 26.6 Å². The molecule has 2 amide bonds. The number of hydrogen-bond acceptors (Lipinski definition) is 7. The zero-order valence-corrected chi connectivity index (χ0v) is 17.6. The van der Waals surface area contributed by atoms with E-state index in [4.69, 9.17) is 9.47 Å². The van der Waals surface area contributed by atoms with Crippen molar-refractivity contribution in [3.63, 3.8) is 0 Å². The van der Waals surface area contributed by atoms with Gasteiger partial charge < -0.3 is 25.0 Å². The number of ether oxygens (including phenoxy) is 2. The van der Waals surface area contributed by atoms with Gasteiger partial charge in [0, 0.05) is 31.9 Å². The number of nitrogens with one attached hydrogen (secondary N) is 2. The number of hydrogen-bond donors (Lipinski definition) is 2. The summed E-state index contributed by atoms with van der Waals surface area (Å²) in [5, 5.41) is 14.5. The lowest BCUT2D eigenvalue weighted by atomic mass is 9.96. The Morgan fingerprint density at radius 2 is 1.97 bits per heavy atom. The van der Waals surface area contributed by atoms with Crippen LogP contribution in [0.3, 0.4) is 0 Å². The van der Waals surface area contributed by atoms with Crippen LogP contribution < -0.4 is 25.0 Å². The van der Waals surface area contributed by atoms with E-state index in [9.17, 15) is 14.9 Å². The second-order valence-electron chi connectivity index (χ2n) is 7.15. The largest absolute Gasteiger partial charge is 0.497 e. The third-order valence-electron chi connectivity index (χ3n) is 5.23. The molecule has 1 fully saturated rings. The molecule has 3 rings (SSSR count). The lowest BCUT2D eigenvalue weighted by Gasteiger charge is -2.33. The third-order valence-corrected chi connectivity index (χ3v) is 5.23. The van der Waals surface area contributed by atoms with Crippen LogP contribution in [0.4, 0.5) is 11.5 Å². The molecule has 2 heterocycles. The summed E-state index contributed by atoms with van der Waals surface area (Å²) >= 11 is 0. The number of nitriles is 1. The Hall–Kier alpha value is -3.80. The summed E-state index contributed by atoms with van der Waals surface area (Å²) in [6.45, 7) is 1.88. The Morgan fingerprint density at radius 1 is 1.19 bits per heavy atom. The standard InChI is InChI=1S/C22H25N5O4/c1-30-17-5-6-19(31-2)18(12-17)26-22(29)21(28)25-14-15-7-10-27(11-8-15)20-16(13-23)4-3-9-24-20/h3-6,9,12,15H,7-8,10-11,14H2,1-2H3,(H,25,28)(H,26,29). The average molecular weight is 423 g/mol. The van der Waals surface area contributed by atoms with Crippen molar-refractivity contribution in [2.45, 2.75) is 12.8 Å². The maximum Gasteiger partial charge on any atom is 0.313 e. The first-order chi connectivity index (χ1) is 15.0. The van der Waals surface area contributed by atoms with Crippen molar-refractivity contribution in [1.29, 1.82) is 5.26 Å². The number of amides is 2. The molecule has 0 saturated carbocycles. The highest BCUT2D eigenvalue weighted by molar-refractivity contribution is 6.39. The van der Waals surface area contributed by atoms with Gasteiger partial charge in [0.1, 0.15) is 23.4 Å². The Balaban J connectivity index is 1.49. The average Bonchev–Trinajstić information content (AvgIpc) is 2.82. The van der Waals surface area contributed by atoms with E-state index in [0.29, 0.717) is 35.1 Å². The number of pyridine rings is 1. The van der Waals surface area contributed by atoms with Gasteiger partial charge in [-0.1, -0.05) is 0 Å². The first-order valence-corrected chi connectivity index (χ1v) is 9.97. The van der Waals surface area contributed by atoms with E-state index in [1.165, 1.54) is 14.2 Å². The van der Waals surface area contributed by atoms with Gasteiger partial charge in [-0.2, -0.15) is 5.26 Å². The summed E-state index contributed by atoms with van der Waals surface area (Å²) in [5.74, 6) is 0.434. The number of methoxy groups -OCH3 is 2. The van der Waals surface area contributed by atoms with E-state index in [1.54, 1.807) is 36.5 Å². The number of anilines is 2. The zero-order valence-electron chi connectivity index (χ0n) is 17.6. The minimum absolute atomic E-state index is 0.244.